The monoisotopic (exact) mass is 380 g/mol. The molecular weight excluding hydrogens is 360 g/mol. The van der Waals surface area contributed by atoms with Crippen molar-refractivity contribution in [3.8, 4) is 0 Å². The molecule has 0 aliphatic heterocycles. The van der Waals surface area contributed by atoms with Crippen molar-refractivity contribution in [3.05, 3.63) is 78.8 Å². The number of carbonyl (C=O) groups is 2. The van der Waals surface area contributed by atoms with Crippen LogP contribution in [0, 0.1) is 0 Å². The number of hydrogen-bond acceptors (Lipinski definition) is 4. The first-order valence-corrected chi connectivity index (χ1v) is 9.51. The molecule has 1 atom stereocenters. The molecule has 0 radical (unpaired) electrons. The number of carbonyl (C=O) groups excluding carboxylic acids is 2. The number of anilines is 2. The summed E-state index contributed by atoms with van der Waals surface area (Å²) in [5.74, 6) is -0.100. The van der Waals surface area contributed by atoms with Crippen LogP contribution in [0.15, 0.2) is 82.3 Å². The van der Waals surface area contributed by atoms with E-state index in [0.29, 0.717) is 12.1 Å². The zero-order valence-corrected chi connectivity index (χ0v) is 15.7. The van der Waals surface area contributed by atoms with E-state index in [9.17, 15) is 9.59 Å². The Bertz CT molecular complexity index is 895. The van der Waals surface area contributed by atoms with Crippen molar-refractivity contribution in [3.63, 3.8) is 0 Å². The zero-order chi connectivity index (χ0) is 19.1. The van der Waals surface area contributed by atoms with Crippen LogP contribution >= 0.6 is 11.8 Å². The summed E-state index contributed by atoms with van der Waals surface area (Å²) < 4.78 is 5.10. The molecule has 1 aromatic heterocycles. The lowest BCUT2D eigenvalue weighted by molar-refractivity contribution is -0.115. The normalized spacial score (nSPS) is 11.6. The number of nitrogens with one attached hydrogen (secondary N) is 2. The molecule has 27 heavy (non-hydrogen) atoms. The molecular formula is C21H20N2O3S. The average molecular weight is 380 g/mol. The predicted octanol–water partition coefficient (Wildman–Crippen LogP) is 5.04. The first kappa shape index (κ1) is 18.8. The molecule has 0 aliphatic carbocycles. The highest BCUT2D eigenvalue weighted by Gasteiger charge is 2.18. The lowest BCUT2D eigenvalue weighted by atomic mass is 10.3. The van der Waals surface area contributed by atoms with E-state index in [0.717, 1.165) is 10.6 Å². The topological polar surface area (TPSA) is 71.3 Å². The summed E-state index contributed by atoms with van der Waals surface area (Å²) in [5.41, 5.74) is 1.43. The third-order valence-electron chi connectivity index (χ3n) is 3.82. The Kier molecular flexibility index (Phi) is 6.33. The number of benzene rings is 2. The van der Waals surface area contributed by atoms with Crippen molar-refractivity contribution in [1.82, 2.24) is 0 Å². The van der Waals surface area contributed by atoms with Gasteiger partial charge in [-0.15, -0.1) is 11.8 Å². The van der Waals surface area contributed by atoms with Crippen LogP contribution in [0.4, 0.5) is 11.4 Å². The van der Waals surface area contributed by atoms with Crippen LogP contribution in [-0.2, 0) is 4.79 Å². The summed E-state index contributed by atoms with van der Waals surface area (Å²) in [6.07, 6.45) is 2.14. The Labute approximate surface area is 162 Å². The van der Waals surface area contributed by atoms with Gasteiger partial charge in [0.05, 0.1) is 11.5 Å². The summed E-state index contributed by atoms with van der Waals surface area (Å²) in [7, 11) is 0. The van der Waals surface area contributed by atoms with Crippen molar-refractivity contribution < 1.29 is 14.0 Å². The van der Waals surface area contributed by atoms with Crippen LogP contribution in [0.2, 0.25) is 0 Å². The summed E-state index contributed by atoms with van der Waals surface area (Å²) in [5, 5.41) is 5.50. The quantitative estimate of drug-likeness (QED) is 0.563. The highest BCUT2D eigenvalue weighted by Crippen LogP contribution is 2.28. The lowest BCUT2D eigenvalue weighted by Crippen LogP contribution is -2.24. The van der Waals surface area contributed by atoms with Crippen molar-refractivity contribution in [2.24, 2.45) is 0 Å². The van der Waals surface area contributed by atoms with E-state index in [4.69, 9.17) is 4.42 Å². The number of thioether (sulfide) groups is 1. The molecule has 5 nitrogen and oxygen atoms in total. The maximum absolute atomic E-state index is 12.6. The standard InChI is InChI=1S/C21H20N2O3S/c1-2-19(21(25)22-15-8-4-3-5-9-15)27-17-11-6-10-16(14-17)23-20(24)18-12-7-13-26-18/h3-14,19H,2H2,1H3,(H,22,25)(H,23,24). The minimum Gasteiger partial charge on any atom is -0.459 e. The number of furan rings is 1. The maximum atomic E-state index is 12.6. The molecule has 2 N–H and O–H groups in total. The first-order chi connectivity index (χ1) is 13.2. The van der Waals surface area contributed by atoms with Gasteiger partial charge < -0.3 is 15.1 Å². The fraction of sp³-hybridized carbons (Fsp3) is 0.143. The molecule has 138 valence electrons. The highest BCUT2D eigenvalue weighted by molar-refractivity contribution is 8.00. The third-order valence-corrected chi connectivity index (χ3v) is 5.18. The van der Waals surface area contributed by atoms with Gasteiger partial charge in [-0.3, -0.25) is 9.59 Å². The molecule has 0 bridgehead atoms. The Morgan fingerprint density at radius 2 is 1.74 bits per heavy atom. The number of hydrogen-bond donors (Lipinski definition) is 2. The predicted molar refractivity (Wildman–Crippen MR) is 108 cm³/mol. The number of amides is 2. The average Bonchev–Trinajstić information content (AvgIpc) is 3.22. The highest BCUT2D eigenvalue weighted by atomic mass is 32.2. The summed E-state index contributed by atoms with van der Waals surface area (Å²) in [4.78, 5) is 25.6. The maximum Gasteiger partial charge on any atom is 0.291 e. The molecule has 0 aliphatic rings. The summed E-state index contributed by atoms with van der Waals surface area (Å²) in [6.45, 7) is 1.98. The van der Waals surface area contributed by atoms with Gasteiger partial charge in [-0.05, 0) is 48.9 Å². The fourth-order valence-corrected chi connectivity index (χ4v) is 3.49. The van der Waals surface area contributed by atoms with Crippen molar-refractivity contribution in [2.45, 2.75) is 23.5 Å². The fourth-order valence-electron chi connectivity index (χ4n) is 2.48. The Balaban J connectivity index is 1.65. The van der Waals surface area contributed by atoms with Gasteiger partial charge >= 0.3 is 0 Å². The van der Waals surface area contributed by atoms with Gasteiger partial charge in [0.25, 0.3) is 5.91 Å². The van der Waals surface area contributed by atoms with Gasteiger partial charge in [-0.2, -0.15) is 0 Å². The van der Waals surface area contributed by atoms with E-state index in [1.807, 2.05) is 55.5 Å². The van der Waals surface area contributed by atoms with E-state index in [-0.39, 0.29) is 22.8 Å². The summed E-state index contributed by atoms with van der Waals surface area (Å²) >= 11 is 1.47. The van der Waals surface area contributed by atoms with E-state index in [2.05, 4.69) is 10.6 Å². The van der Waals surface area contributed by atoms with Gasteiger partial charge in [0.2, 0.25) is 5.91 Å². The molecule has 0 spiro atoms. The molecule has 0 saturated carbocycles. The molecule has 3 rings (SSSR count). The van der Waals surface area contributed by atoms with E-state index in [1.165, 1.54) is 18.0 Å². The van der Waals surface area contributed by atoms with Gasteiger partial charge in [-0.1, -0.05) is 31.2 Å². The number of para-hydroxylation sites is 1. The molecule has 2 amide bonds. The van der Waals surface area contributed by atoms with E-state index < -0.39 is 0 Å². The Morgan fingerprint density at radius 1 is 0.963 bits per heavy atom. The Hall–Kier alpha value is -2.99. The van der Waals surface area contributed by atoms with Crippen LogP contribution < -0.4 is 10.6 Å². The van der Waals surface area contributed by atoms with Crippen LogP contribution in [0.5, 0.6) is 0 Å². The largest absolute Gasteiger partial charge is 0.459 e. The summed E-state index contributed by atoms with van der Waals surface area (Å²) in [6, 6.07) is 20.1. The van der Waals surface area contributed by atoms with Crippen molar-refractivity contribution >= 4 is 35.0 Å². The van der Waals surface area contributed by atoms with Crippen LogP contribution in [0.3, 0.4) is 0 Å². The molecule has 1 heterocycles. The van der Waals surface area contributed by atoms with Crippen LogP contribution in [-0.4, -0.2) is 17.1 Å². The van der Waals surface area contributed by atoms with E-state index >= 15 is 0 Å². The van der Waals surface area contributed by atoms with Gasteiger partial charge in [0.15, 0.2) is 5.76 Å². The molecule has 2 aromatic carbocycles. The number of rotatable bonds is 7. The molecule has 3 aromatic rings. The second-order valence-corrected chi connectivity index (χ2v) is 7.11. The minimum atomic E-state index is -0.309. The van der Waals surface area contributed by atoms with E-state index in [1.54, 1.807) is 18.2 Å². The van der Waals surface area contributed by atoms with Gasteiger partial charge in [-0.25, -0.2) is 0 Å². The lowest BCUT2D eigenvalue weighted by Gasteiger charge is -2.15. The molecule has 1 unspecified atom stereocenters. The third kappa shape index (κ3) is 5.24. The first-order valence-electron chi connectivity index (χ1n) is 8.63. The molecule has 6 heteroatoms. The second-order valence-electron chi connectivity index (χ2n) is 5.83. The second kappa shape index (κ2) is 9.09. The van der Waals surface area contributed by atoms with Crippen LogP contribution in [0.1, 0.15) is 23.9 Å². The Morgan fingerprint density at radius 3 is 2.44 bits per heavy atom. The SMILES string of the molecule is CCC(Sc1cccc(NC(=O)c2ccco2)c1)C(=O)Nc1ccccc1. The molecule has 0 saturated heterocycles. The van der Waals surface area contributed by atoms with Gasteiger partial charge in [0, 0.05) is 16.3 Å². The smallest absolute Gasteiger partial charge is 0.291 e. The van der Waals surface area contributed by atoms with Crippen molar-refractivity contribution in [1.29, 1.82) is 0 Å². The molecule has 0 fully saturated rings. The van der Waals surface area contributed by atoms with Gasteiger partial charge in [0.1, 0.15) is 0 Å². The van der Waals surface area contributed by atoms with Crippen LogP contribution in [0.25, 0.3) is 0 Å². The minimum absolute atomic E-state index is 0.0428. The van der Waals surface area contributed by atoms with Crippen molar-refractivity contribution in [2.75, 3.05) is 10.6 Å². The zero-order valence-electron chi connectivity index (χ0n) is 14.8.